The number of anilines is 2. The summed E-state index contributed by atoms with van der Waals surface area (Å²) in [7, 11) is 1.86. The fourth-order valence-corrected chi connectivity index (χ4v) is 4.78. The smallest absolute Gasteiger partial charge is 0.416 e. The normalized spacial score (nSPS) is 15.9. The van der Waals surface area contributed by atoms with E-state index in [9.17, 15) is 18.0 Å². The molecule has 1 saturated heterocycles. The van der Waals surface area contributed by atoms with Gasteiger partial charge in [-0.3, -0.25) is 19.4 Å². The minimum atomic E-state index is -4.60. The molecule has 0 saturated carbocycles. The molecule has 0 atom stereocenters. The molecule has 2 aliphatic heterocycles. The van der Waals surface area contributed by atoms with Gasteiger partial charge < -0.3 is 20.2 Å². The molecule has 3 heterocycles. The third kappa shape index (κ3) is 6.86. The Labute approximate surface area is 242 Å². The number of carbonyl (C=O) groups is 1. The maximum Gasteiger partial charge on any atom is 0.416 e. The van der Waals surface area contributed by atoms with E-state index in [1.165, 1.54) is 6.07 Å². The first kappa shape index (κ1) is 29.4. The number of aryl methyl sites for hydroxylation is 2. The molecule has 0 bridgehead atoms. The minimum absolute atomic E-state index is 0.00433. The van der Waals surface area contributed by atoms with Crippen LogP contribution in [0.4, 0.5) is 24.5 Å². The maximum absolute atomic E-state index is 13.7. The van der Waals surface area contributed by atoms with E-state index in [2.05, 4.69) is 26.3 Å². The van der Waals surface area contributed by atoms with Gasteiger partial charge in [0, 0.05) is 61.5 Å². The molecule has 1 fully saturated rings. The molecule has 42 heavy (non-hydrogen) atoms. The summed E-state index contributed by atoms with van der Waals surface area (Å²) in [6.45, 7) is 7.87. The van der Waals surface area contributed by atoms with Crippen LogP contribution < -0.4 is 26.0 Å². The molecule has 3 aromatic rings. The summed E-state index contributed by atoms with van der Waals surface area (Å²) in [5, 5.41) is 8.62. The lowest BCUT2D eigenvalue weighted by atomic mass is 10.1. The van der Waals surface area contributed by atoms with Crippen LogP contribution in [-0.2, 0) is 18.0 Å². The van der Waals surface area contributed by atoms with E-state index in [0.29, 0.717) is 25.3 Å². The van der Waals surface area contributed by atoms with Crippen molar-refractivity contribution in [3.05, 3.63) is 76.7 Å². The zero-order chi connectivity index (χ0) is 29.9. The Hall–Kier alpha value is -4.07. The molecule has 0 unspecified atom stereocenters. The molecular weight excluding hydrogens is 551 g/mol. The highest BCUT2D eigenvalue weighted by Gasteiger charge is 2.32. The van der Waals surface area contributed by atoms with Crippen molar-refractivity contribution in [2.75, 3.05) is 49.8 Å². The highest BCUT2D eigenvalue weighted by Crippen LogP contribution is 2.35. The quantitative estimate of drug-likeness (QED) is 0.321. The minimum Gasteiger partial charge on any atom is -0.493 e. The SMILES string of the molecule is Cc1ccc(C(=O)Nc2cc(OCCCN3CCOCC3)cc(C(F)(F)F)c2)cc1N1C=C(c2cnn(C)c2C)NN1. The van der Waals surface area contributed by atoms with Gasteiger partial charge in [-0.2, -0.15) is 18.3 Å². The van der Waals surface area contributed by atoms with Crippen molar-refractivity contribution in [1.82, 2.24) is 25.6 Å². The number of morpholine rings is 1. The van der Waals surface area contributed by atoms with E-state index in [1.807, 2.05) is 27.1 Å². The van der Waals surface area contributed by atoms with Gasteiger partial charge in [-0.25, -0.2) is 0 Å². The molecule has 0 spiro atoms. The summed E-state index contributed by atoms with van der Waals surface area (Å²) < 4.78 is 53.8. The number of hydrogen-bond donors (Lipinski definition) is 3. The second-order valence-electron chi connectivity index (χ2n) is 10.3. The molecule has 2 aliphatic rings. The Morgan fingerprint density at radius 3 is 2.64 bits per heavy atom. The standard InChI is InChI=1S/C29H34F3N7O3/c1-19-5-6-21(13-27(19)39-18-26(35-36-39)25-17-33-37(3)20(25)2)28(40)34-23-14-22(29(30,31)32)15-24(16-23)42-10-4-7-38-8-11-41-12-9-38/h5-6,13-18,35-36H,4,7-12H2,1-3H3,(H,34,40). The van der Waals surface area contributed by atoms with E-state index >= 15 is 0 Å². The number of benzene rings is 2. The van der Waals surface area contributed by atoms with Crippen molar-refractivity contribution in [3.63, 3.8) is 0 Å². The van der Waals surface area contributed by atoms with Gasteiger partial charge in [0.05, 0.1) is 43.0 Å². The molecule has 1 aromatic heterocycles. The third-order valence-corrected chi connectivity index (χ3v) is 7.31. The second kappa shape index (κ2) is 12.4. The van der Waals surface area contributed by atoms with Crippen molar-refractivity contribution in [2.45, 2.75) is 26.4 Å². The number of halogens is 3. The monoisotopic (exact) mass is 585 g/mol. The molecule has 0 aliphatic carbocycles. The van der Waals surface area contributed by atoms with Crippen molar-refractivity contribution >= 4 is 23.0 Å². The van der Waals surface area contributed by atoms with Gasteiger partial charge in [-0.05, 0) is 50.1 Å². The molecule has 10 nitrogen and oxygen atoms in total. The van der Waals surface area contributed by atoms with Crippen molar-refractivity contribution < 1.29 is 27.4 Å². The van der Waals surface area contributed by atoms with Crippen LogP contribution in [0.15, 0.2) is 48.8 Å². The topological polar surface area (TPSA) is 95.9 Å². The van der Waals surface area contributed by atoms with Crippen LogP contribution in [0.5, 0.6) is 5.75 Å². The fraction of sp³-hybridized carbons (Fsp3) is 0.379. The summed E-state index contributed by atoms with van der Waals surface area (Å²) in [6, 6.07) is 8.35. The van der Waals surface area contributed by atoms with Gasteiger partial charge in [0.1, 0.15) is 5.75 Å². The van der Waals surface area contributed by atoms with Gasteiger partial charge in [-0.15, -0.1) is 5.53 Å². The van der Waals surface area contributed by atoms with Crippen LogP contribution in [0.25, 0.3) is 5.70 Å². The summed E-state index contributed by atoms with van der Waals surface area (Å²) >= 11 is 0. The molecule has 224 valence electrons. The lowest BCUT2D eigenvalue weighted by Gasteiger charge is -2.26. The number of hydrazine groups is 2. The van der Waals surface area contributed by atoms with Crippen LogP contribution in [0.3, 0.4) is 0 Å². The van der Waals surface area contributed by atoms with Crippen LogP contribution in [0, 0.1) is 13.8 Å². The predicted octanol–water partition coefficient (Wildman–Crippen LogP) is 4.24. The van der Waals surface area contributed by atoms with Crippen molar-refractivity contribution in [3.8, 4) is 5.75 Å². The lowest BCUT2D eigenvalue weighted by molar-refractivity contribution is -0.137. The van der Waals surface area contributed by atoms with Gasteiger partial charge in [-0.1, -0.05) is 6.07 Å². The second-order valence-corrected chi connectivity index (χ2v) is 10.3. The zero-order valence-corrected chi connectivity index (χ0v) is 23.7. The Kier molecular flexibility index (Phi) is 8.71. The first-order valence-corrected chi connectivity index (χ1v) is 13.7. The molecule has 3 N–H and O–H groups in total. The number of alkyl halides is 3. The largest absolute Gasteiger partial charge is 0.493 e. The average molecular weight is 586 g/mol. The van der Waals surface area contributed by atoms with E-state index in [4.69, 9.17) is 9.47 Å². The molecule has 2 aromatic carbocycles. The summed E-state index contributed by atoms with van der Waals surface area (Å²) in [5.74, 6) is -0.504. The number of nitrogens with zero attached hydrogens (tertiary/aromatic N) is 4. The molecule has 13 heteroatoms. The van der Waals surface area contributed by atoms with E-state index in [-0.39, 0.29) is 23.6 Å². The Morgan fingerprint density at radius 2 is 1.93 bits per heavy atom. The fourth-order valence-electron chi connectivity index (χ4n) is 4.78. The Morgan fingerprint density at radius 1 is 1.14 bits per heavy atom. The zero-order valence-electron chi connectivity index (χ0n) is 23.7. The summed E-state index contributed by atoms with van der Waals surface area (Å²) in [4.78, 5) is 15.4. The van der Waals surface area contributed by atoms with Crippen LogP contribution in [0.1, 0.15) is 39.2 Å². The lowest BCUT2D eigenvalue weighted by Crippen LogP contribution is -2.37. The molecule has 5 rings (SSSR count). The van der Waals surface area contributed by atoms with Crippen LogP contribution in [-0.4, -0.2) is 60.0 Å². The van der Waals surface area contributed by atoms with E-state index in [0.717, 1.165) is 54.3 Å². The predicted molar refractivity (Wildman–Crippen MR) is 153 cm³/mol. The Bertz CT molecular complexity index is 1470. The van der Waals surface area contributed by atoms with Gasteiger partial charge >= 0.3 is 6.18 Å². The average Bonchev–Trinajstić information content (AvgIpc) is 3.57. The third-order valence-electron chi connectivity index (χ3n) is 7.31. The number of ether oxygens (including phenoxy) is 2. The number of nitrogens with one attached hydrogen (secondary N) is 3. The van der Waals surface area contributed by atoms with Gasteiger partial charge in [0.25, 0.3) is 5.91 Å². The van der Waals surface area contributed by atoms with Gasteiger partial charge in [0.2, 0.25) is 0 Å². The highest BCUT2D eigenvalue weighted by molar-refractivity contribution is 6.05. The number of rotatable bonds is 9. The van der Waals surface area contributed by atoms with Crippen molar-refractivity contribution in [2.24, 2.45) is 7.05 Å². The Balaban J connectivity index is 1.29. The number of aromatic nitrogens is 2. The first-order chi connectivity index (χ1) is 20.1. The number of hydrogen-bond acceptors (Lipinski definition) is 8. The van der Waals surface area contributed by atoms with E-state index < -0.39 is 17.6 Å². The molecular formula is C29H34F3N7O3. The van der Waals surface area contributed by atoms with E-state index in [1.54, 1.807) is 34.1 Å². The molecule has 1 amide bonds. The van der Waals surface area contributed by atoms with Crippen LogP contribution in [0.2, 0.25) is 0 Å². The summed E-state index contributed by atoms with van der Waals surface area (Å²) in [5.41, 5.74) is 9.82. The maximum atomic E-state index is 13.7. The first-order valence-electron chi connectivity index (χ1n) is 13.7. The van der Waals surface area contributed by atoms with Gasteiger partial charge in [0.15, 0.2) is 0 Å². The highest BCUT2D eigenvalue weighted by atomic mass is 19.4. The number of carbonyl (C=O) groups excluding carboxylic acids is 1. The number of amides is 1. The summed E-state index contributed by atoms with van der Waals surface area (Å²) in [6.07, 6.45) is -0.342. The van der Waals surface area contributed by atoms with Crippen molar-refractivity contribution in [1.29, 1.82) is 0 Å². The molecule has 0 radical (unpaired) electrons. The van der Waals surface area contributed by atoms with Crippen LogP contribution >= 0.6 is 0 Å².